The lowest BCUT2D eigenvalue weighted by Crippen LogP contribution is -2.47. The number of esters is 1. The van der Waals surface area contributed by atoms with Crippen LogP contribution in [0.1, 0.15) is 37.3 Å². The van der Waals surface area contributed by atoms with E-state index in [1.54, 1.807) is 13.8 Å². The third kappa shape index (κ3) is 2.11. The summed E-state index contributed by atoms with van der Waals surface area (Å²) in [5.41, 5.74) is 0.857. The molecule has 0 aromatic heterocycles. The third-order valence-electron chi connectivity index (χ3n) is 5.95. The predicted octanol–water partition coefficient (Wildman–Crippen LogP) is 2.10. The van der Waals surface area contributed by atoms with E-state index in [9.17, 15) is 19.7 Å². The Morgan fingerprint density at radius 1 is 1.50 bits per heavy atom. The molecule has 1 amide bonds. The molecule has 3 aliphatic rings. The lowest BCUT2D eigenvalue weighted by molar-refractivity contribution is -0.385. The third-order valence-corrected chi connectivity index (χ3v) is 5.95. The van der Waals surface area contributed by atoms with Crippen LogP contribution in [0.2, 0.25) is 0 Å². The van der Waals surface area contributed by atoms with Crippen molar-refractivity contribution in [3.63, 3.8) is 0 Å². The summed E-state index contributed by atoms with van der Waals surface area (Å²) in [6, 6.07) is 2.89. The minimum Gasteiger partial charge on any atom is -0.466 e. The molecule has 3 aliphatic heterocycles. The maximum Gasteiger partial charge on any atom is 0.310 e. The van der Waals surface area contributed by atoms with E-state index in [0.29, 0.717) is 36.4 Å². The van der Waals surface area contributed by atoms with Gasteiger partial charge in [-0.15, -0.1) is 0 Å². The second kappa shape index (κ2) is 5.77. The molecule has 0 radical (unpaired) electrons. The quantitative estimate of drug-likeness (QED) is 0.504. The van der Waals surface area contributed by atoms with Gasteiger partial charge in [0.15, 0.2) is 0 Å². The van der Waals surface area contributed by atoms with Crippen LogP contribution in [0.3, 0.4) is 0 Å². The van der Waals surface area contributed by atoms with Gasteiger partial charge in [0.05, 0.1) is 17.4 Å². The number of hydrogen-bond donors (Lipinski definition) is 1. The summed E-state index contributed by atoms with van der Waals surface area (Å²) in [6.45, 7) is 4.50. The van der Waals surface area contributed by atoms with Crippen LogP contribution in [0, 0.1) is 23.0 Å². The molecule has 3 atom stereocenters. The fourth-order valence-corrected chi connectivity index (χ4v) is 4.94. The van der Waals surface area contributed by atoms with Crippen molar-refractivity contribution in [3.05, 3.63) is 33.4 Å². The van der Waals surface area contributed by atoms with E-state index in [4.69, 9.17) is 4.74 Å². The van der Waals surface area contributed by atoms with Gasteiger partial charge < -0.3 is 10.1 Å². The van der Waals surface area contributed by atoms with E-state index in [2.05, 4.69) is 10.2 Å². The van der Waals surface area contributed by atoms with Crippen LogP contribution < -0.4 is 5.32 Å². The number of hydrogen-bond acceptors (Lipinski definition) is 6. The monoisotopic (exact) mass is 359 g/mol. The molecule has 0 aliphatic carbocycles. The largest absolute Gasteiger partial charge is 0.466 e. The molecule has 1 aromatic rings. The first-order valence-electron chi connectivity index (χ1n) is 8.94. The Bertz CT molecular complexity index is 823. The van der Waals surface area contributed by atoms with Crippen molar-refractivity contribution in [3.8, 4) is 0 Å². The van der Waals surface area contributed by atoms with E-state index in [1.807, 2.05) is 0 Å². The van der Waals surface area contributed by atoms with Crippen molar-refractivity contribution in [1.29, 1.82) is 0 Å². The molecule has 1 N–H and O–H groups in total. The van der Waals surface area contributed by atoms with Gasteiger partial charge in [0.2, 0.25) is 5.91 Å². The maximum absolute atomic E-state index is 13.1. The van der Waals surface area contributed by atoms with Crippen molar-refractivity contribution in [2.75, 3.05) is 18.5 Å². The first kappa shape index (κ1) is 17.0. The van der Waals surface area contributed by atoms with Gasteiger partial charge in [-0.1, -0.05) is 0 Å². The molecular formula is C18H21N3O5. The van der Waals surface area contributed by atoms with Gasteiger partial charge in [0, 0.05) is 29.4 Å². The van der Waals surface area contributed by atoms with E-state index in [0.717, 1.165) is 12.8 Å². The van der Waals surface area contributed by atoms with E-state index in [1.165, 1.54) is 12.1 Å². The predicted molar refractivity (Wildman–Crippen MR) is 92.6 cm³/mol. The number of nitrogens with zero attached hydrogens (tertiary/aromatic N) is 2. The smallest absolute Gasteiger partial charge is 0.310 e. The number of carbonyl (C=O) groups is 2. The first-order valence-corrected chi connectivity index (χ1v) is 8.94. The molecule has 2 saturated heterocycles. The number of fused-ring (bicyclic) bond motifs is 4. The number of amides is 1. The Kier molecular flexibility index (Phi) is 3.76. The van der Waals surface area contributed by atoms with E-state index < -0.39 is 16.4 Å². The summed E-state index contributed by atoms with van der Waals surface area (Å²) in [6.07, 6.45) is 2.01. The van der Waals surface area contributed by atoms with Gasteiger partial charge in [0.1, 0.15) is 5.54 Å². The Morgan fingerprint density at radius 3 is 2.96 bits per heavy atom. The molecule has 2 fully saturated rings. The number of rotatable bonds is 3. The van der Waals surface area contributed by atoms with Crippen LogP contribution in [-0.2, 0) is 19.9 Å². The highest BCUT2D eigenvalue weighted by Crippen LogP contribution is 2.55. The van der Waals surface area contributed by atoms with Crippen LogP contribution in [0.4, 0.5) is 11.4 Å². The number of nitro groups is 1. The molecule has 0 saturated carbocycles. The zero-order chi connectivity index (χ0) is 18.6. The van der Waals surface area contributed by atoms with Crippen LogP contribution >= 0.6 is 0 Å². The highest BCUT2D eigenvalue weighted by atomic mass is 16.6. The normalized spacial score (nSPS) is 29.5. The summed E-state index contributed by atoms with van der Waals surface area (Å²) in [5.74, 6) is -0.881. The average molecular weight is 359 g/mol. The number of anilines is 1. The van der Waals surface area contributed by atoms with Crippen molar-refractivity contribution in [1.82, 2.24) is 4.90 Å². The molecule has 8 nitrogen and oxygen atoms in total. The SMILES string of the molecule is CCOC(=O)[C@@H]1C[C@]2(C(=O)Nc3c(C)cc([N+](=O)[O-])cc32)N2CCC[C@H]12. The number of ether oxygens (including phenoxy) is 1. The summed E-state index contributed by atoms with van der Waals surface area (Å²) < 4.78 is 5.24. The van der Waals surface area contributed by atoms with Gasteiger partial charge in [-0.25, -0.2) is 0 Å². The Hall–Kier alpha value is -2.48. The molecule has 0 unspecified atom stereocenters. The number of benzene rings is 1. The van der Waals surface area contributed by atoms with Gasteiger partial charge >= 0.3 is 5.97 Å². The number of nitrogens with one attached hydrogen (secondary N) is 1. The van der Waals surface area contributed by atoms with Crippen LogP contribution in [-0.4, -0.2) is 40.9 Å². The van der Waals surface area contributed by atoms with Crippen LogP contribution in [0.25, 0.3) is 0 Å². The number of carbonyl (C=O) groups excluding carboxylic acids is 2. The molecule has 138 valence electrons. The van der Waals surface area contributed by atoms with Crippen molar-refractivity contribution in [2.24, 2.45) is 5.92 Å². The summed E-state index contributed by atoms with van der Waals surface area (Å²) in [7, 11) is 0. The minimum atomic E-state index is -1.02. The maximum atomic E-state index is 13.1. The van der Waals surface area contributed by atoms with Crippen molar-refractivity contribution < 1.29 is 19.2 Å². The molecule has 3 heterocycles. The molecule has 4 rings (SSSR count). The van der Waals surface area contributed by atoms with Crippen LogP contribution in [0.5, 0.6) is 0 Å². The fraction of sp³-hybridized carbons (Fsp3) is 0.556. The molecule has 8 heteroatoms. The van der Waals surface area contributed by atoms with E-state index in [-0.39, 0.29) is 23.6 Å². The Balaban J connectivity index is 1.86. The lowest BCUT2D eigenvalue weighted by Gasteiger charge is -2.32. The second-order valence-electron chi connectivity index (χ2n) is 7.22. The Morgan fingerprint density at radius 2 is 2.27 bits per heavy atom. The highest BCUT2D eigenvalue weighted by Gasteiger charge is 2.63. The van der Waals surface area contributed by atoms with Gasteiger partial charge in [-0.3, -0.25) is 24.6 Å². The number of nitro benzene ring substituents is 1. The van der Waals surface area contributed by atoms with Crippen molar-refractivity contribution in [2.45, 2.75) is 44.7 Å². The van der Waals surface area contributed by atoms with Crippen molar-refractivity contribution >= 4 is 23.3 Å². The standard InChI is InChI=1S/C18H21N3O5/c1-3-26-16(22)12-9-18(20-6-4-5-14(12)20)13-8-11(21(24)25)7-10(2)15(13)19-17(18)23/h7-8,12,14H,3-6,9H2,1-2H3,(H,19,23)/t12-,14-,18+/m1/s1. The molecule has 0 bridgehead atoms. The summed E-state index contributed by atoms with van der Waals surface area (Å²) >= 11 is 0. The average Bonchev–Trinajstić information content (AvgIpc) is 3.24. The van der Waals surface area contributed by atoms with Crippen LogP contribution in [0.15, 0.2) is 12.1 Å². The molecule has 1 aromatic carbocycles. The highest BCUT2D eigenvalue weighted by molar-refractivity contribution is 6.07. The molecular weight excluding hydrogens is 338 g/mol. The van der Waals surface area contributed by atoms with E-state index >= 15 is 0 Å². The van der Waals surface area contributed by atoms with Gasteiger partial charge in [0.25, 0.3) is 5.69 Å². The zero-order valence-corrected chi connectivity index (χ0v) is 14.8. The second-order valence-corrected chi connectivity index (χ2v) is 7.22. The summed E-state index contributed by atoms with van der Waals surface area (Å²) in [5, 5.41) is 14.2. The topological polar surface area (TPSA) is 102 Å². The zero-order valence-electron chi connectivity index (χ0n) is 14.8. The first-order chi connectivity index (χ1) is 12.4. The Labute approximate surface area is 150 Å². The minimum absolute atomic E-state index is 0.0348. The summed E-state index contributed by atoms with van der Waals surface area (Å²) in [4.78, 5) is 38.5. The molecule has 26 heavy (non-hydrogen) atoms. The van der Waals surface area contributed by atoms with Gasteiger partial charge in [-0.2, -0.15) is 0 Å². The number of aryl methyl sites for hydroxylation is 1. The number of non-ortho nitro benzene ring substituents is 1. The fourth-order valence-electron chi connectivity index (χ4n) is 4.94. The van der Waals surface area contributed by atoms with Gasteiger partial charge in [-0.05, 0) is 45.2 Å². The lowest BCUT2D eigenvalue weighted by atomic mass is 9.83. The molecule has 1 spiro atoms.